The average molecular weight is 231 g/mol. The van der Waals surface area contributed by atoms with E-state index in [9.17, 15) is 0 Å². The van der Waals surface area contributed by atoms with Gasteiger partial charge in [-0.3, -0.25) is 0 Å². The van der Waals surface area contributed by atoms with Gasteiger partial charge < -0.3 is 0 Å². The molecule has 0 saturated heterocycles. The second-order valence-electron chi connectivity index (χ2n) is 3.89. The molecule has 0 heterocycles. The van der Waals surface area contributed by atoms with E-state index < -0.39 is 0 Å². The minimum atomic E-state index is 0.717. The van der Waals surface area contributed by atoms with Crippen LogP contribution in [0, 0.1) is 17.2 Å². The third kappa shape index (κ3) is 4.55. The summed E-state index contributed by atoms with van der Waals surface area (Å²) in [5.41, 5.74) is 1.81. The van der Waals surface area contributed by atoms with Gasteiger partial charge in [0.25, 0.3) is 0 Å². The van der Waals surface area contributed by atoms with Gasteiger partial charge in [-0.2, -0.15) is 5.26 Å². The molecule has 2 heteroatoms. The molecule has 1 unspecified atom stereocenters. The molecule has 1 atom stereocenters. The van der Waals surface area contributed by atoms with Crippen molar-refractivity contribution < 1.29 is 0 Å². The summed E-state index contributed by atoms with van der Waals surface area (Å²) in [5, 5.41) is 10.9. The molecule has 84 valence electrons. The van der Waals surface area contributed by atoms with E-state index in [0.717, 1.165) is 17.2 Å². The molecule has 0 radical (unpaired) electrons. The Balaban J connectivity index is 2.47. The van der Waals surface area contributed by atoms with Crippen LogP contribution in [-0.4, -0.2) is 5.75 Å². The lowest BCUT2D eigenvalue weighted by Crippen LogP contribution is -1.93. The zero-order valence-corrected chi connectivity index (χ0v) is 10.6. The Morgan fingerprint density at radius 3 is 3.00 bits per heavy atom. The van der Waals surface area contributed by atoms with Crippen molar-refractivity contribution in [2.45, 2.75) is 20.3 Å². The molecule has 0 amide bonds. The van der Waals surface area contributed by atoms with Gasteiger partial charge in [0.15, 0.2) is 0 Å². The number of nitrogens with zero attached hydrogens (tertiary/aromatic N) is 1. The average Bonchev–Trinajstić information content (AvgIpc) is 2.34. The highest BCUT2D eigenvalue weighted by Crippen LogP contribution is 2.14. The second-order valence-corrected chi connectivity index (χ2v) is 4.83. The largest absolute Gasteiger partial charge is 0.192 e. The first-order valence-electron chi connectivity index (χ1n) is 5.54. The van der Waals surface area contributed by atoms with E-state index in [4.69, 9.17) is 5.26 Å². The van der Waals surface area contributed by atoms with Gasteiger partial charge in [-0.05, 0) is 40.9 Å². The molecule has 0 saturated carbocycles. The summed E-state index contributed by atoms with van der Waals surface area (Å²) in [6, 6.07) is 9.80. The van der Waals surface area contributed by atoms with E-state index >= 15 is 0 Å². The summed E-state index contributed by atoms with van der Waals surface area (Å²) in [6.07, 6.45) is 3.29. The topological polar surface area (TPSA) is 23.8 Å². The number of hydrogen-bond acceptors (Lipinski definition) is 2. The molecular formula is C14H17NS. The number of thioether (sulfide) groups is 1. The van der Waals surface area contributed by atoms with Crippen LogP contribution in [-0.2, 0) is 0 Å². The predicted molar refractivity (Wildman–Crippen MR) is 72.1 cm³/mol. The zero-order chi connectivity index (χ0) is 11.8. The molecule has 0 aliphatic heterocycles. The summed E-state index contributed by atoms with van der Waals surface area (Å²) in [6.45, 7) is 4.47. The summed E-state index contributed by atoms with van der Waals surface area (Å²) in [7, 11) is 0. The molecule has 1 aromatic rings. The lowest BCUT2D eigenvalue weighted by molar-refractivity contribution is 0.638. The third-order valence-corrected chi connectivity index (χ3v) is 3.54. The van der Waals surface area contributed by atoms with Gasteiger partial charge >= 0.3 is 0 Å². The summed E-state index contributed by atoms with van der Waals surface area (Å²) < 4.78 is 0. The van der Waals surface area contributed by atoms with Crippen molar-refractivity contribution in [2.75, 3.05) is 5.75 Å². The third-order valence-electron chi connectivity index (χ3n) is 2.45. The summed E-state index contributed by atoms with van der Waals surface area (Å²) in [5.74, 6) is 1.92. The number of hydrogen-bond donors (Lipinski definition) is 0. The highest BCUT2D eigenvalue weighted by atomic mass is 32.2. The van der Waals surface area contributed by atoms with Gasteiger partial charge in [-0.1, -0.05) is 32.4 Å². The number of benzene rings is 1. The molecule has 0 fully saturated rings. The van der Waals surface area contributed by atoms with Crippen molar-refractivity contribution in [1.82, 2.24) is 0 Å². The number of rotatable bonds is 5. The molecule has 0 bridgehead atoms. The normalized spacial score (nSPS) is 12.6. The van der Waals surface area contributed by atoms with E-state index in [2.05, 4.69) is 31.4 Å². The summed E-state index contributed by atoms with van der Waals surface area (Å²) in [4.78, 5) is 0. The fraction of sp³-hybridized carbons (Fsp3) is 0.357. The first-order chi connectivity index (χ1) is 7.76. The highest BCUT2D eigenvalue weighted by molar-refractivity contribution is 8.02. The maximum absolute atomic E-state index is 8.76. The first kappa shape index (κ1) is 12.9. The fourth-order valence-electron chi connectivity index (χ4n) is 1.18. The summed E-state index contributed by atoms with van der Waals surface area (Å²) >= 11 is 1.83. The van der Waals surface area contributed by atoms with E-state index in [1.54, 1.807) is 0 Å². The molecule has 0 aliphatic carbocycles. The van der Waals surface area contributed by atoms with Gasteiger partial charge in [-0.25, -0.2) is 0 Å². The SMILES string of the molecule is CCC(C)CS/C=C/c1cccc(C#N)c1. The van der Waals surface area contributed by atoms with E-state index in [0.29, 0.717) is 5.56 Å². The Bertz CT molecular complexity index is 390. The maximum Gasteiger partial charge on any atom is 0.0991 e. The van der Waals surface area contributed by atoms with E-state index in [1.807, 2.05) is 36.0 Å². The van der Waals surface area contributed by atoms with E-state index in [1.165, 1.54) is 6.42 Å². The quantitative estimate of drug-likeness (QED) is 0.754. The van der Waals surface area contributed by atoms with Crippen LogP contribution in [0.4, 0.5) is 0 Å². The minimum Gasteiger partial charge on any atom is -0.192 e. The smallest absolute Gasteiger partial charge is 0.0991 e. The van der Waals surface area contributed by atoms with Crippen LogP contribution in [0.15, 0.2) is 29.7 Å². The monoisotopic (exact) mass is 231 g/mol. The molecule has 16 heavy (non-hydrogen) atoms. The Morgan fingerprint density at radius 2 is 2.31 bits per heavy atom. The Morgan fingerprint density at radius 1 is 1.50 bits per heavy atom. The number of nitriles is 1. The van der Waals surface area contributed by atoms with Gasteiger partial charge in [-0.15, -0.1) is 11.8 Å². The van der Waals surface area contributed by atoms with Crippen LogP contribution in [0.1, 0.15) is 31.4 Å². The van der Waals surface area contributed by atoms with Crippen molar-refractivity contribution in [3.05, 3.63) is 40.8 Å². The van der Waals surface area contributed by atoms with Crippen LogP contribution >= 0.6 is 11.8 Å². The van der Waals surface area contributed by atoms with Crippen molar-refractivity contribution in [3.8, 4) is 6.07 Å². The first-order valence-corrected chi connectivity index (χ1v) is 6.59. The van der Waals surface area contributed by atoms with Gasteiger partial charge in [0.05, 0.1) is 11.6 Å². The van der Waals surface area contributed by atoms with Crippen molar-refractivity contribution in [1.29, 1.82) is 5.26 Å². The van der Waals surface area contributed by atoms with Crippen molar-refractivity contribution >= 4 is 17.8 Å². The van der Waals surface area contributed by atoms with Crippen LogP contribution in [0.3, 0.4) is 0 Å². The zero-order valence-electron chi connectivity index (χ0n) is 9.81. The van der Waals surface area contributed by atoms with Crippen molar-refractivity contribution in [2.24, 2.45) is 5.92 Å². The van der Waals surface area contributed by atoms with Crippen LogP contribution in [0.2, 0.25) is 0 Å². The molecule has 0 aliphatic rings. The molecule has 1 nitrogen and oxygen atoms in total. The molecule has 0 aromatic heterocycles. The van der Waals surface area contributed by atoms with Gasteiger partial charge in [0.2, 0.25) is 0 Å². The highest BCUT2D eigenvalue weighted by Gasteiger charge is 1.96. The van der Waals surface area contributed by atoms with Crippen molar-refractivity contribution in [3.63, 3.8) is 0 Å². The Hall–Kier alpha value is -1.20. The molecule has 1 rings (SSSR count). The maximum atomic E-state index is 8.76. The molecule has 0 N–H and O–H groups in total. The van der Waals surface area contributed by atoms with Crippen LogP contribution in [0.5, 0.6) is 0 Å². The van der Waals surface area contributed by atoms with E-state index in [-0.39, 0.29) is 0 Å². The predicted octanol–water partition coefficient (Wildman–Crippen LogP) is 4.31. The Kier molecular flexibility index (Phi) is 5.74. The Labute approximate surface area is 102 Å². The lowest BCUT2D eigenvalue weighted by Gasteiger charge is -2.03. The molecular weight excluding hydrogens is 214 g/mol. The van der Waals surface area contributed by atoms with Gasteiger partial charge in [0, 0.05) is 0 Å². The van der Waals surface area contributed by atoms with Gasteiger partial charge in [0.1, 0.15) is 0 Å². The second kappa shape index (κ2) is 7.14. The lowest BCUT2D eigenvalue weighted by atomic mass is 10.1. The van der Waals surface area contributed by atoms with Crippen LogP contribution < -0.4 is 0 Å². The standard InChI is InChI=1S/C14H17NS/c1-3-12(2)11-16-8-7-13-5-4-6-14(9-13)10-15/h4-9,12H,3,11H2,1-2H3/b8-7+. The minimum absolute atomic E-state index is 0.717. The fourth-order valence-corrected chi connectivity index (χ4v) is 2.10. The molecule has 1 aromatic carbocycles. The molecule has 0 spiro atoms. The van der Waals surface area contributed by atoms with Crippen LogP contribution in [0.25, 0.3) is 6.08 Å².